The van der Waals surface area contributed by atoms with Crippen molar-refractivity contribution in [3.8, 4) is 0 Å². The molecule has 0 aromatic rings. The van der Waals surface area contributed by atoms with Gasteiger partial charge in [0.2, 0.25) is 0 Å². The number of hydrogen-bond acceptors (Lipinski definition) is 2. The summed E-state index contributed by atoms with van der Waals surface area (Å²) in [5, 5.41) is 8.50. The van der Waals surface area contributed by atoms with Crippen LogP contribution in [0.3, 0.4) is 0 Å². The number of rotatable bonds is 8. The summed E-state index contributed by atoms with van der Waals surface area (Å²) in [7, 11) is 0. The first-order valence-electron chi connectivity index (χ1n) is 5.95. The highest BCUT2D eigenvalue weighted by atomic mass is 17.1. The third kappa shape index (κ3) is 7.05. The molecule has 0 amide bonds. The third-order valence-corrected chi connectivity index (χ3v) is 2.48. The van der Waals surface area contributed by atoms with Crippen LogP contribution >= 0.6 is 0 Å². The minimum absolute atomic E-state index is 0.164. The summed E-state index contributed by atoms with van der Waals surface area (Å²) in [5.41, 5.74) is 2.56. The molecule has 0 aromatic carbocycles. The van der Waals surface area contributed by atoms with Gasteiger partial charge in [-0.15, -0.1) is 0 Å². The molecule has 0 aliphatic heterocycles. The van der Waals surface area contributed by atoms with Crippen LogP contribution in [0.25, 0.3) is 0 Å². The van der Waals surface area contributed by atoms with Crippen LogP contribution in [0.2, 0.25) is 0 Å². The van der Waals surface area contributed by atoms with Gasteiger partial charge in [0.1, 0.15) is 0 Å². The largest absolute Gasteiger partial charge is 0.252 e. The molecule has 0 heterocycles. The van der Waals surface area contributed by atoms with Crippen LogP contribution in [0.15, 0.2) is 60.8 Å². The van der Waals surface area contributed by atoms with Crippen LogP contribution in [0.1, 0.15) is 27.2 Å². The van der Waals surface area contributed by atoms with Crippen LogP contribution in [0.5, 0.6) is 0 Å². The predicted molar refractivity (Wildman–Crippen MR) is 78.4 cm³/mol. The second kappa shape index (κ2) is 7.85. The Morgan fingerprint density at radius 1 is 1.17 bits per heavy atom. The topological polar surface area (TPSA) is 29.5 Å². The molecule has 0 bridgehead atoms. The van der Waals surface area contributed by atoms with Crippen molar-refractivity contribution in [2.75, 3.05) is 6.61 Å². The van der Waals surface area contributed by atoms with Gasteiger partial charge in [-0.05, 0) is 35.5 Å². The summed E-state index contributed by atoms with van der Waals surface area (Å²) >= 11 is 0. The summed E-state index contributed by atoms with van der Waals surface area (Å²) < 4.78 is 0. The molecule has 0 saturated carbocycles. The normalized spacial score (nSPS) is 12.2. The van der Waals surface area contributed by atoms with E-state index in [1.165, 1.54) is 0 Å². The second-order valence-electron chi connectivity index (χ2n) is 5.15. The Morgan fingerprint density at radius 2 is 1.78 bits per heavy atom. The summed E-state index contributed by atoms with van der Waals surface area (Å²) in [6, 6.07) is 0. The summed E-state index contributed by atoms with van der Waals surface area (Å²) in [5.74, 6) is 0. The molecule has 0 aliphatic rings. The van der Waals surface area contributed by atoms with Gasteiger partial charge in [-0.25, -0.2) is 4.89 Å². The van der Waals surface area contributed by atoms with E-state index in [0.717, 1.165) is 16.7 Å². The third-order valence-electron chi connectivity index (χ3n) is 2.48. The Labute approximate surface area is 111 Å². The van der Waals surface area contributed by atoms with Crippen molar-refractivity contribution in [2.45, 2.75) is 27.2 Å². The zero-order chi connectivity index (χ0) is 14.2. The lowest BCUT2D eigenvalue weighted by atomic mass is 9.85. The summed E-state index contributed by atoms with van der Waals surface area (Å²) in [6.45, 7) is 18.1. The average molecular weight is 248 g/mol. The van der Waals surface area contributed by atoms with Gasteiger partial charge >= 0.3 is 0 Å². The lowest BCUT2D eigenvalue weighted by molar-refractivity contribution is -0.259. The fourth-order valence-electron chi connectivity index (χ4n) is 1.51. The molecule has 0 aromatic heterocycles. The molecular weight excluding hydrogens is 224 g/mol. The fourth-order valence-corrected chi connectivity index (χ4v) is 1.51. The molecule has 0 unspecified atom stereocenters. The van der Waals surface area contributed by atoms with E-state index in [2.05, 4.69) is 24.6 Å². The monoisotopic (exact) mass is 248 g/mol. The molecule has 2 heteroatoms. The van der Waals surface area contributed by atoms with E-state index in [0.29, 0.717) is 6.42 Å². The zero-order valence-corrected chi connectivity index (χ0v) is 11.7. The molecule has 0 rings (SSSR count). The van der Waals surface area contributed by atoms with Crippen LogP contribution in [-0.4, -0.2) is 11.9 Å². The number of hydrogen-bond donors (Lipinski definition) is 1. The van der Waals surface area contributed by atoms with Gasteiger partial charge in [0, 0.05) is 0 Å². The standard InChI is InChI=1S/C16H24O2/c1-7-8-13(2)9-10-14(3)15(4)11-16(5,6)12-18-17/h7-10,17H,2-4,11-12H2,1,5-6H3/b8-7+,10-9+. The van der Waals surface area contributed by atoms with E-state index in [9.17, 15) is 0 Å². The first-order chi connectivity index (χ1) is 8.32. The first-order valence-corrected chi connectivity index (χ1v) is 5.95. The Kier molecular flexibility index (Phi) is 7.25. The van der Waals surface area contributed by atoms with E-state index in [1.54, 1.807) is 0 Å². The van der Waals surface area contributed by atoms with Crippen molar-refractivity contribution in [1.82, 2.24) is 0 Å². The van der Waals surface area contributed by atoms with Gasteiger partial charge in [0.25, 0.3) is 0 Å². The van der Waals surface area contributed by atoms with Gasteiger partial charge in [0.15, 0.2) is 0 Å². The van der Waals surface area contributed by atoms with E-state index in [4.69, 9.17) is 5.26 Å². The maximum absolute atomic E-state index is 8.50. The molecule has 0 saturated heterocycles. The second-order valence-corrected chi connectivity index (χ2v) is 5.15. The highest BCUT2D eigenvalue weighted by Gasteiger charge is 2.20. The molecule has 0 fully saturated rings. The fraction of sp³-hybridized carbons (Fsp3) is 0.375. The van der Waals surface area contributed by atoms with Crippen LogP contribution in [0, 0.1) is 5.41 Å². The average Bonchev–Trinajstić information content (AvgIpc) is 2.25. The molecule has 100 valence electrons. The van der Waals surface area contributed by atoms with Crippen molar-refractivity contribution in [3.05, 3.63) is 60.8 Å². The lowest BCUT2D eigenvalue weighted by Gasteiger charge is -2.23. The van der Waals surface area contributed by atoms with Crippen LogP contribution < -0.4 is 0 Å². The smallest absolute Gasteiger partial charge is 0.0873 e. The zero-order valence-electron chi connectivity index (χ0n) is 11.7. The molecule has 0 atom stereocenters. The summed E-state index contributed by atoms with van der Waals surface area (Å²) in [6.07, 6.45) is 8.39. The van der Waals surface area contributed by atoms with Gasteiger partial charge in [0.05, 0.1) is 6.61 Å². The van der Waals surface area contributed by atoms with E-state index in [-0.39, 0.29) is 12.0 Å². The highest BCUT2D eigenvalue weighted by molar-refractivity contribution is 5.40. The van der Waals surface area contributed by atoms with Crippen molar-refractivity contribution < 1.29 is 10.1 Å². The quantitative estimate of drug-likeness (QED) is 0.383. The van der Waals surface area contributed by atoms with Gasteiger partial charge in [-0.2, -0.15) is 0 Å². The van der Waals surface area contributed by atoms with Crippen molar-refractivity contribution in [3.63, 3.8) is 0 Å². The van der Waals surface area contributed by atoms with Gasteiger partial charge in [-0.3, -0.25) is 5.26 Å². The van der Waals surface area contributed by atoms with E-state index < -0.39 is 0 Å². The minimum atomic E-state index is -0.164. The maximum atomic E-state index is 8.50. The van der Waals surface area contributed by atoms with Crippen LogP contribution in [-0.2, 0) is 4.89 Å². The summed E-state index contributed by atoms with van der Waals surface area (Å²) in [4.78, 5) is 4.21. The molecule has 0 spiro atoms. The van der Waals surface area contributed by atoms with Crippen molar-refractivity contribution >= 4 is 0 Å². The maximum Gasteiger partial charge on any atom is 0.0873 e. The molecule has 18 heavy (non-hydrogen) atoms. The SMILES string of the molecule is C=C(/C=C/C)/C=C/C(=C)C(=C)CC(C)(C)COO. The Morgan fingerprint density at radius 3 is 2.28 bits per heavy atom. The van der Waals surface area contributed by atoms with Crippen LogP contribution in [0.4, 0.5) is 0 Å². The Balaban J connectivity index is 4.44. The van der Waals surface area contributed by atoms with E-state index in [1.807, 2.05) is 45.1 Å². The molecule has 0 radical (unpaired) electrons. The Hall–Kier alpha value is -1.38. The minimum Gasteiger partial charge on any atom is -0.252 e. The molecule has 0 aliphatic carbocycles. The van der Waals surface area contributed by atoms with Crippen molar-refractivity contribution in [2.24, 2.45) is 5.41 Å². The predicted octanol–water partition coefficient (Wildman–Crippen LogP) is 4.69. The Bertz CT molecular complexity index is 371. The first kappa shape index (κ1) is 16.6. The van der Waals surface area contributed by atoms with Gasteiger partial charge < -0.3 is 0 Å². The van der Waals surface area contributed by atoms with Crippen molar-refractivity contribution in [1.29, 1.82) is 0 Å². The number of allylic oxidation sites excluding steroid dienone is 7. The lowest BCUT2D eigenvalue weighted by Crippen LogP contribution is -2.19. The molecule has 2 nitrogen and oxygen atoms in total. The van der Waals surface area contributed by atoms with Gasteiger partial charge in [-0.1, -0.05) is 57.9 Å². The van der Waals surface area contributed by atoms with E-state index >= 15 is 0 Å². The molecule has 1 N–H and O–H groups in total. The molecular formula is C16H24O2. The highest BCUT2D eigenvalue weighted by Crippen LogP contribution is 2.28.